The molecule has 2 heterocycles. The number of aliphatic hydroxyl groups excluding tert-OH is 1. The first-order chi connectivity index (χ1) is 15.8. The van der Waals surface area contributed by atoms with E-state index < -0.39 is 17.7 Å². The molecule has 0 unspecified atom stereocenters. The van der Waals surface area contributed by atoms with Crippen molar-refractivity contribution in [1.29, 1.82) is 0 Å². The number of rotatable bonds is 10. The highest BCUT2D eigenvalue weighted by molar-refractivity contribution is 6.46. The maximum Gasteiger partial charge on any atom is 0.295 e. The van der Waals surface area contributed by atoms with E-state index >= 15 is 0 Å². The molecule has 7 nitrogen and oxygen atoms in total. The monoisotopic (exact) mass is 451 g/mol. The molecule has 1 atom stereocenters. The van der Waals surface area contributed by atoms with Gasteiger partial charge in [0.1, 0.15) is 11.5 Å². The van der Waals surface area contributed by atoms with Gasteiger partial charge in [-0.3, -0.25) is 14.6 Å². The van der Waals surface area contributed by atoms with Gasteiger partial charge in [-0.2, -0.15) is 0 Å². The zero-order valence-electron chi connectivity index (χ0n) is 19.9. The minimum absolute atomic E-state index is 0.107. The van der Waals surface area contributed by atoms with E-state index in [9.17, 15) is 14.7 Å². The summed E-state index contributed by atoms with van der Waals surface area (Å²) >= 11 is 0. The third-order valence-corrected chi connectivity index (χ3v) is 5.77. The third kappa shape index (κ3) is 5.60. The number of aromatic nitrogens is 1. The van der Waals surface area contributed by atoms with Gasteiger partial charge in [-0.1, -0.05) is 13.3 Å². The van der Waals surface area contributed by atoms with Gasteiger partial charge in [0.05, 0.1) is 18.2 Å². The largest absolute Gasteiger partial charge is 0.507 e. The van der Waals surface area contributed by atoms with Crippen LogP contribution in [0.15, 0.2) is 48.3 Å². The van der Waals surface area contributed by atoms with Gasteiger partial charge in [-0.15, -0.1) is 0 Å². The molecule has 1 aromatic carbocycles. The highest BCUT2D eigenvalue weighted by atomic mass is 16.5. The molecule has 1 amide bonds. The number of ketones is 1. The summed E-state index contributed by atoms with van der Waals surface area (Å²) in [7, 11) is 3.93. The van der Waals surface area contributed by atoms with E-state index in [2.05, 4.69) is 11.9 Å². The second-order valence-electron chi connectivity index (χ2n) is 8.61. The molecule has 176 valence electrons. The Balaban J connectivity index is 1.99. The summed E-state index contributed by atoms with van der Waals surface area (Å²) in [6.07, 6.45) is 5.97. The number of ether oxygens (including phenoxy) is 1. The summed E-state index contributed by atoms with van der Waals surface area (Å²) in [4.78, 5) is 33.7. The van der Waals surface area contributed by atoms with Gasteiger partial charge in [0.25, 0.3) is 11.7 Å². The van der Waals surface area contributed by atoms with Crippen LogP contribution < -0.4 is 4.74 Å². The van der Waals surface area contributed by atoms with Crippen LogP contribution >= 0.6 is 0 Å². The molecule has 0 bridgehead atoms. The lowest BCUT2D eigenvalue weighted by Gasteiger charge is -2.25. The lowest BCUT2D eigenvalue weighted by Crippen LogP contribution is -2.32. The number of likely N-dealkylation sites (tertiary alicyclic amines) is 1. The van der Waals surface area contributed by atoms with Crippen molar-refractivity contribution >= 4 is 17.4 Å². The first kappa shape index (κ1) is 24.5. The number of hydrogen-bond acceptors (Lipinski definition) is 6. The fraction of sp³-hybridized carbons (Fsp3) is 0.423. The van der Waals surface area contributed by atoms with Crippen molar-refractivity contribution in [2.45, 2.75) is 39.2 Å². The lowest BCUT2D eigenvalue weighted by atomic mass is 9.95. The first-order valence-corrected chi connectivity index (χ1v) is 11.4. The predicted molar refractivity (Wildman–Crippen MR) is 128 cm³/mol. The van der Waals surface area contributed by atoms with Gasteiger partial charge in [0, 0.05) is 24.5 Å². The van der Waals surface area contributed by atoms with E-state index in [0.29, 0.717) is 25.1 Å². The van der Waals surface area contributed by atoms with Crippen LogP contribution in [0.3, 0.4) is 0 Å². The molecule has 0 spiro atoms. The number of carbonyl (C=O) groups excluding carboxylic acids is 2. The van der Waals surface area contributed by atoms with Crippen LogP contribution in [0.4, 0.5) is 0 Å². The number of nitrogens with zero attached hydrogens (tertiary/aromatic N) is 3. The zero-order valence-corrected chi connectivity index (χ0v) is 19.9. The van der Waals surface area contributed by atoms with Crippen LogP contribution in [0.2, 0.25) is 0 Å². The molecule has 1 fully saturated rings. The van der Waals surface area contributed by atoms with Gasteiger partial charge in [0.15, 0.2) is 0 Å². The molecule has 1 N–H and O–H groups in total. The molecule has 33 heavy (non-hydrogen) atoms. The Labute approximate surface area is 195 Å². The highest BCUT2D eigenvalue weighted by Gasteiger charge is 2.45. The van der Waals surface area contributed by atoms with Crippen molar-refractivity contribution in [3.63, 3.8) is 0 Å². The number of hydrogen-bond donors (Lipinski definition) is 1. The van der Waals surface area contributed by atoms with Crippen molar-refractivity contribution in [3.8, 4) is 5.75 Å². The Kier molecular flexibility index (Phi) is 8.22. The molecule has 0 radical (unpaired) electrons. The standard InChI is InChI=1S/C26H33N3O4/c1-5-6-16-33-21-9-8-20(17-18(21)2)24(30)22-23(19-10-12-27-13-11-19)29(26(32)25(22)31)15-7-14-28(3)4/h8-13,17,23,30H,5-7,14-16H2,1-4H3/b24-22+/t23-/m1/s1. The molecule has 7 heteroatoms. The maximum atomic E-state index is 13.1. The van der Waals surface area contributed by atoms with E-state index in [1.807, 2.05) is 25.9 Å². The summed E-state index contributed by atoms with van der Waals surface area (Å²) in [6.45, 7) is 5.83. The SMILES string of the molecule is CCCCOc1ccc(/C(O)=C2\C(=O)C(=O)N(CCCN(C)C)[C@@H]2c2ccncc2)cc1C. The Morgan fingerprint density at radius 2 is 1.88 bits per heavy atom. The Morgan fingerprint density at radius 3 is 2.52 bits per heavy atom. The zero-order chi connectivity index (χ0) is 24.0. The average Bonchev–Trinajstić information content (AvgIpc) is 3.05. The summed E-state index contributed by atoms with van der Waals surface area (Å²) in [5.74, 6) is -0.684. The quantitative estimate of drug-likeness (QED) is 0.255. The number of aliphatic hydroxyl groups is 1. The molecular weight excluding hydrogens is 418 g/mol. The van der Waals surface area contributed by atoms with Crippen LogP contribution in [0.5, 0.6) is 5.75 Å². The molecule has 1 aromatic heterocycles. The van der Waals surface area contributed by atoms with Crippen LogP contribution in [0, 0.1) is 6.92 Å². The minimum atomic E-state index is -0.667. The molecule has 0 aliphatic carbocycles. The number of aryl methyl sites for hydroxylation is 1. The normalized spacial score (nSPS) is 17.7. The Bertz CT molecular complexity index is 1020. The predicted octanol–water partition coefficient (Wildman–Crippen LogP) is 3.94. The summed E-state index contributed by atoms with van der Waals surface area (Å²) in [5, 5.41) is 11.2. The van der Waals surface area contributed by atoms with Crippen LogP contribution in [0.25, 0.3) is 5.76 Å². The van der Waals surface area contributed by atoms with Crippen molar-refractivity contribution in [2.24, 2.45) is 0 Å². The van der Waals surface area contributed by atoms with E-state index in [4.69, 9.17) is 4.74 Å². The second-order valence-corrected chi connectivity index (χ2v) is 8.61. The summed E-state index contributed by atoms with van der Waals surface area (Å²) in [6, 6.07) is 8.22. The average molecular weight is 452 g/mol. The number of unbranched alkanes of at least 4 members (excludes halogenated alkanes) is 1. The van der Waals surface area contributed by atoms with Gasteiger partial charge in [0.2, 0.25) is 0 Å². The Morgan fingerprint density at radius 1 is 1.15 bits per heavy atom. The second kappa shape index (κ2) is 11.1. The topological polar surface area (TPSA) is 83.0 Å². The minimum Gasteiger partial charge on any atom is -0.507 e. The van der Waals surface area contributed by atoms with Crippen molar-refractivity contribution in [2.75, 3.05) is 33.8 Å². The first-order valence-electron chi connectivity index (χ1n) is 11.4. The molecule has 1 saturated heterocycles. The van der Waals surface area contributed by atoms with Crippen LogP contribution in [-0.4, -0.2) is 65.4 Å². The number of amides is 1. The van der Waals surface area contributed by atoms with Crippen LogP contribution in [0.1, 0.15) is 48.9 Å². The number of benzene rings is 1. The molecule has 2 aromatic rings. The van der Waals surface area contributed by atoms with Crippen LogP contribution in [-0.2, 0) is 9.59 Å². The van der Waals surface area contributed by atoms with Crippen molar-refractivity contribution in [3.05, 3.63) is 65.0 Å². The van der Waals surface area contributed by atoms with E-state index in [1.54, 1.807) is 47.6 Å². The van der Waals surface area contributed by atoms with Gasteiger partial charge in [-0.25, -0.2) is 0 Å². The van der Waals surface area contributed by atoms with E-state index in [-0.39, 0.29) is 11.3 Å². The molecule has 0 saturated carbocycles. The smallest absolute Gasteiger partial charge is 0.295 e. The van der Waals surface area contributed by atoms with Gasteiger partial charge in [-0.05, 0) is 81.9 Å². The molecule has 3 rings (SSSR count). The highest BCUT2D eigenvalue weighted by Crippen LogP contribution is 2.39. The molecular formula is C26H33N3O4. The fourth-order valence-electron chi connectivity index (χ4n) is 4.00. The lowest BCUT2D eigenvalue weighted by molar-refractivity contribution is -0.139. The van der Waals surface area contributed by atoms with Gasteiger partial charge < -0.3 is 19.6 Å². The fourth-order valence-corrected chi connectivity index (χ4v) is 4.00. The molecule has 1 aliphatic rings. The number of Topliss-reactive ketones (excluding diaryl/α,β-unsaturated/α-hetero) is 1. The van der Waals surface area contributed by atoms with E-state index in [1.165, 1.54) is 0 Å². The Hall–Kier alpha value is -3.19. The van der Waals surface area contributed by atoms with Gasteiger partial charge >= 0.3 is 0 Å². The maximum absolute atomic E-state index is 13.1. The third-order valence-electron chi connectivity index (χ3n) is 5.77. The van der Waals surface area contributed by atoms with E-state index in [0.717, 1.165) is 36.3 Å². The summed E-state index contributed by atoms with van der Waals surface area (Å²) < 4.78 is 5.81. The van der Waals surface area contributed by atoms with Crippen molar-refractivity contribution < 1.29 is 19.4 Å². The summed E-state index contributed by atoms with van der Waals surface area (Å²) in [5.41, 5.74) is 2.19. The van der Waals surface area contributed by atoms with Crippen molar-refractivity contribution in [1.82, 2.24) is 14.8 Å². The molecule has 1 aliphatic heterocycles. The number of carbonyl (C=O) groups is 2. The number of pyridine rings is 1.